The predicted octanol–water partition coefficient (Wildman–Crippen LogP) is 0.656. The van der Waals surface area contributed by atoms with Gasteiger partial charge >= 0.3 is 21.2 Å². The molecule has 0 rings (SSSR count). The highest BCUT2D eigenvalue weighted by Gasteiger charge is 2.42. The third-order valence-corrected chi connectivity index (χ3v) is 6.93. The van der Waals surface area contributed by atoms with Crippen molar-refractivity contribution in [3.63, 3.8) is 0 Å². The Bertz CT molecular complexity index is 338. The second-order valence-electron chi connectivity index (χ2n) is 3.56. The second-order valence-corrected chi connectivity index (χ2v) is 8.79. The zero-order chi connectivity index (χ0) is 14.4. The van der Waals surface area contributed by atoms with Gasteiger partial charge in [-0.3, -0.25) is 13.9 Å². The number of rotatable bonds is 9. The van der Waals surface area contributed by atoms with Crippen LogP contribution in [0.4, 0.5) is 0 Å². The van der Waals surface area contributed by atoms with Gasteiger partial charge in [0.05, 0.1) is 6.42 Å². The molecular formula is C7H16O8P2S. The Balaban J connectivity index is 4.05. The average Bonchev–Trinajstić information content (AvgIpc) is 2.11. The Morgan fingerprint density at radius 2 is 1.56 bits per heavy atom. The van der Waals surface area contributed by atoms with Crippen LogP contribution in [0.15, 0.2) is 0 Å². The second kappa shape index (κ2) is 7.65. The van der Waals surface area contributed by atoms with Crippen LogP contribution < -0.4 is 0 Å². The summed E-state index contributed by atoms with van der Waals surface area (Å²) in [6.45, 7) is 0. The third-order valence-electron chi connectivity index (χ3n) is 1.99. The van der Waals surface area contributed by atoms with Crippen LogP contribution in [0.1, 0.15) is 19.3 Å². The molecule has 0 unspecified atom stereocenters. The first-order valence-electron chi connectivity index (χ1n) is 4.95. The molecule has 0 atom stereocenters. The number of aliphatic carboxylic acids is 1. The molecule has 0 fully saturated rings. The van der Waals surface area contributed by atoms with Crippen molar-refractivity contribution in [3.8, 4) is 0 Å². The predicted molar refractivity (Wildman–Crippen MR) is 66.7 cm³/mol. The summed E-state index contributed by atoms with van der Waals surface area (Å²) in [6.07, 6.45) is -0.120. The fourth-order valence-electron chi connectivity index (χ4n) is 1.16. The third kappa shape index (κ3) is 8.26. The number of hydrogen-bond donors (Lipinski definition) is 5. The molecule has 0 aromatic carbocycles. The summed E-state index contributed by atoms with van der Waals surface area (Å²) in [5.74, 6) is -0.193. The first kappa shape index (κ1) is 18.1. The molecule has 18 heavy (non-hydrogen) atoms. The molecule has 0 aromatic rings. The van der Waals surface area contributed by atoms with Gasteiger partial charge in [-0.05, 0) is 18.6 Å². The zero-order valence-electron chi connectivity index (χ0n) is 9.38. The van der Waals surface area contributed by atoms with Crippen LogP contribution in [0.2, 0.25) is 0 Å². The smallest absolute Gasteiger partial charge is 0.340 e. The van der Waals surface area contributed by atoms with Crippen molar-refractivity contribution in [2.45, 2.75) is 24.7 Å². The summed E-state index contributed by atoms with van der Waals surface area (Å²) in [5, 5.41) is 6.38. The minimum absolute atomic E-state index is 0.0227. The molecule has 0 aliphatic rings. The minimum atomic E-state index is -4.84. The van der Waals surface area contributed by atoms with E-state index in [0.717, 1.165) is 0 Å². The zero-order valence-corrected chi connectivity index (χ0v) is 12.0. The van der Waals surface area contributed by atoms with Gasteiger partial charge in [0.15, 0.2) is 5.40 Å². The molecule has 8 nitrogen and oxygen atoms in total. The van der Waals surface area contributed by atoms with Crippen LogP contribution in [-0.2, 0) is 13.9 Å². The van der Waals surface area contributed by atoms with E-state index in [0.29, 0.717) is 11.5 Å². The molecule has 108 valence electrons. The van der Waals surface area contributed by atoms with E-state index in [1.54, 1.807) is 0 Å². The normalized spacial score (nSPS) is 12.9. The molecule has 11 heteroatoms. The van der Waals surface area contributed by atoms with Gasteiger partial charge in [0.1, 0.15) is 0 Å². The number of carboxylic acids is 1. The summed E-state index contributed by atoms with van der Waals surface area (Å²) in [4.78, 5) is 45.5. The molecule has 0 radical (unpaired) electrons. The number of hydrogen-bond acceptors (Lipinski definition) is 4. The van der Waals surface area contributed by atoms with E-state index in [1.165, 1.54) is 11.8 Å². The molecule has 0 amide bonds. The Kier molecular flexibility index (Phi) is 7.70. The van der Waals surface area contributed by atoms with Gasteiger partial charge in [-0.25, -0.2) is 0 Å². The topological polar surface area (TPSA) is 152 Å². The highest BCUT2D eigenvalue weighted by molar-refractivity contribution is 7.99. The fourth-order valence-corrected chi connectivity index (χ4v) is 4.66. The highest BCUT2D eigenvalue weighted by Crippen LogP contribution is 2.61. The van der Waals surface area contributed by atoms with Crippen LogP contribution in [0.3, 0.4) is 0 Å². The number of carbonyl (C=O) groups is 1. The Hall–Kier alpha value is 0.120. The van der Waals surface area contributed by atoms with Crippen LogP contribution >= 0.6 is 27.0 Å². The number of thioether (sulfide) groups is 1. The quantitative estimate of drug-likeness (QED) is 0.304. The van der Waals surface area contributed by atoms with E-state index in [-0.39, 0.29) is 19.3 Å². The van der Waals surface area contributed by atoms with Gasteiger partial charge in [0, 0.05) is 5.75 Å². The van der Waals surface area contributed by atoms with Crippen LogP contribution in [-0.4, -0.2) is 47.6 Å². The molecule has 0 saturated heterocycles. The van der Waals surface area contributed by atoms with E-state index in [1.807, 2.05) is 0 Å². The van der Waals surface area contributed by atoms with Crippen LogP contribution in [0.25, 0.3) is 0 Å². The van der Waals surface area contributed by atoms with Gasteiger partial charge in [0.2, 0.25) is 0 Å². The molecule has 5 N–H and O–H groups in total. The Morgan fingerprint density at radius 1 is 1.06 bits per heavy atom. The van der Waals surface area contributed by atoms with Gasteiger partial charge in [0.25, 0.3) is 0 Å². The summed E-state index contributed by atoms with van der Waals surface area (Å²) < 4.78 is 21.8. The van der Waals surface area contributed by atoms with Crippen molar-refractivity contribution in [1.82, 2.24) is 0 Å². The number of carboxylic acid groups (broad SMARTS) is 1. The fraction of sp³-hybridized carbons (Fsp3) is 0.857. The van der Waals surface area contributed by atoms with Gasteiger partial charge in [-0.1, -0.05) is 0 Å². The van der Waals surface area contributed by atoms with Crippen molar-refractivity contribution in [1.29, 1.82) is 0 Å². The van der Waals surface area contributed by atoms with E-state index < -0.39 is 26.6 Å². The Labute approximate surface area is 108 Å². The average molecular weight is 322 g/mol. The van der Waals surface area contributed by atoms with E-state index in [9.17, 15) is 13.9 Å². The first-order valence-corrected chi connectivity index (χ1v) is 9.47. The molecule has 0 aliphatic carbocycles. The lowest BCUT2D eigenvalue weighted by Crippen LogP contribution is -2.09. The Morgan fingerprint density at radius 3 is 1.94 bits per heavy atom. The van der Waals surface area contributed by atoms with Crippen LogP contribution in [0, 0.1) is 0 Å². The van der Waals surface area contributed by atoms with Crippen LogP contribution in [0.5, 0.6) is 0 Å². The molecule has 0 spiro atoms. The molecule has 0 saturated carbocycles. The monoisotopic (exact) mass is 322 g/mol. The first-order chi connectivity index (χ1) is 8.05. The lowest BCUT2D eigenvalue weighted by Gasteiger charge is -2.19. The minimum Gasteiger partial charge on any atom is -0.481 e. The standard InChI is InChI=1S/C7H16O8P2S/c8-6(9)3-5-18-4-1-2-7(16(10,11)12)17(13,14)15/h7H,1-5H2,(H,8,9)(H2,10,11,12)(H2,13,14,15). The van der Waals surface area contributed by atoms with E-state index in [2.05, 4.69) is 0 Å². The molecule has 0 aromatic heterocycles. The van der Waals surface area contributed by atoms with Crippen molar-refractivity contribution < 1.29 is 38.6 Å². The largest absolute Gasteiger partial charge is 0.481 e. The summed E-state index contributed by atoms with van der Waals surface area (Å²) in [7, 11) is -9.67. The molecule has 0 heterocycles. The SMILES string of the molecule is O=C(O)CCSCCCC(P(=O)(O)O)P(=O)(O)O. The molecule has 0 aliphatic heterocycles. The van der Waals surface area contributed by atoms with Crippen molar-refractivity contribution in [2.75, 3.05) is 11.5 Å². The van der Waals surface area contributed by atoms with E-state index >= 15 is 0 Å². The highest BCUT2D eigenvalue weighted by atomic mass is 32.2. The molecule has 0 bridgehead atoms. The molecular weight excluding hydrogens is 306 g/mol. The maximum absolute atomic E-state index is 10.9. The van der Waals surface area contributed by atoms with Gasteiger partial charge < -0.3 is 24.7 Å². The lowest BCUT2D eigenvalue weighted by atomic mass is 10.4. The summed E-state index contributed by atoms with van der Waals surface area (Å²) >= 11 is 1.26. The summed E-state index contributed by atoms with van der Waals surface area (Å²) in [6, 6.07) is 0. The summed E-state index contributed by atoms with van der Waals surface area (Å²) in [5.41, 5.74) is 0. The van der Waals surface area contributed by atoms with Crippen molar-refractivity contribution in [3.05, 3.63) is 0 Å². The maximum atomic E-state index is 10.9. The van der Waals surface area contributed by atoms with Crippen molar-refractivity contribution in [2.24, 2.45) is 0 Å². The maximum Gasteiger partial charge on any atom is 0.340 e. The van der Waals surface area contributed by atoms with Gasteiger partial charge in [-0.2, -0.15) is 11.8 Å². The van der Waals surface area contributed by atoms with E-state index in [4.69, 9.17) is 24.7 Å². The van der Waals surface area contributed by atoms with Gasteiger partial charge in [-0.15, -0.1) is 0 Å². The lowest BCUT2D eigenvalue weighted by molar-refractivity contribution is -0.136. The van der Waals surface area contributed by atoms with Crippen molar-refractivity contribution >= 4 is 32.9 Å².